The lowest BCUT2D eigenvalue weighted by atomic mass is 9.92. The highest BCUT2D eigenvalue weighted by atomic mass is 32.1. The van der Waals surface area contributed by atoms with Crippen LogP contribution in [0.15, 0.2) is 0 Å². The van der Waals surface area contributed by atoms with Crippen LogP contribution in [0.25, 0.3) is 0 Å². The Kier molecular flexibility index (Phi) is 3.71. The Morgan fingerprint density at radius 2 is 1.56 bits per heavy atom. The van der Waals surface area contributed by atoms with Crippen LogP contribution in [-0.4, -0.2) is 4.98 Å². The van der Waals surface area contributed by atoms with Crippen LogP contribution >= 0.6 is 11.3 Å². The fraction of sp³-hybridized carbons (Fsp3) is 0.800. The van der Waals surface area contributed by atoms with Gasteiger partial charge in [0.1, 0.15) is 5.01 Å². The van der Waals surface area contributed by atoms with Crippen LogP contribution in [-0.2, 0) is 18.4 Å². The number of hydrogen-bond acceptors (Lipinski definition) is 3. The summed E-state index contributed by atoms with van der Waals surface area (Å²) in [5.74, 6) is 0. The largest absolute Gasteiger partial charge is 0.319 e. The number of hydrogen-bond donors (Lipinski definition) is 1. The van der Waals surface area contributed by atoms with Gasteiger partial charge in [0.25, 0.3) is 0 Å². The van der Waals surface area contributed by atoms with Gasteiger partial charge in [0.15, 0.2) is 0 Å². The number of thiazole rings is 1. The molecule has 2 aliphatic carbocycles. The quantitative estimate of drug-likeness (QED) is 0.617. The lowest BCUT2D eigenvalue weighted by molar-refractivity contribution is 0.383. The Bertz CT molecular complexity index is 379. The van der Waals surface area contributed by atoms with Gasteiger partial charge in [-0.05, 0) is 38.5 Å². The highest BCUT2D eigenvalue weighted by Gasteiger charge is 2.32. The lowest BCUT2D eigenvalue weighted by Crippen LogP contribution is -2.35. The van der Waals surface area contributed by atoms with Crippen molar-refractivity contribution in [3.05, 3.63) is 15.6 Å². The molecule has 2 aliphatic rings. The lowest BCUT2D eigenvalue weighted by Gasteiger charge is -2.25. The molecule has 0 radical (unpaired) electrons. The van der Waals surface area contributed by atoms with E-state index in [9.17, 15) is 0 Å². The van der Waals surface area contributed by atoms with E-state index in [4.69, 9.17) is 10.7 Å². The number of aromatic nitrogens is 1. The molecule has 0 spiro atoms. The highest BCUT2D eigenvalue weighted by Crippen LogP contribution is 2.38. The summed E-state index contributed by atoms with van der Waals surface area (Å²) in [6, 6.07) is 0. The zero-order valence-corrected chi connectivity index (χ0v) is 12.0. The maximum Gasteiger partial charge on any atom is 0.113 e. The van der Waals surface area contributed by atoms with Crippen molar-refractivity contribution < 1.29 is 0 Å². The van der Waals surface area contributed by atoms with Gasteiger partial charge in [-0.3, -0.25) is 0 Å². The first kappa shape index (κ1) is 12.6. The van der Waals surface area contributed by atoms with Crippen LogP contribution in [0.1, 0.15) is 73.4 Å². The minimum absolute atomic E-state index is 0.104. The maximum atomic E-state index is 6.68. The molecule has 0 atom stereocenters. The number of nitrogens with two attached hydrogens (primary N) is 1. The third kappa shape index (κ3) is 2.48. The van der Waals surface area contributed by atoms with Crippen LogP contribution in [0.4, 0.5) is 0 Å². The molecule has 3 heteroatoms. The SMILES string of the molecule is NC1(c2nc3c(s2)CCCCC3)CCCCCC1. The van der Waals surface area contributed by atoms with E-state index in [1.807, 2.05) is 11.3 Å². The number of fused-ring (bicyclic) bond motifs is 1. The second-order valence-electron chi connectivity index (χ2n) is 6.02. The summed E-state index contributed by atoms with van der Waals surface area (Å²) in [6.07, 6.45) is 14.0. The summed E-state index contributed by atoms with van der Waals surface area (Å²) in [5.41, 5.74) is 7.95. The van der Waals surface area contributed by atoms with E-state index in [0.717, 1.165) is 12.8 Å². The molecular weight excluding hydrogens is 240 g/mol. The fourth-order valence-corrected chi connectivity index (χ4v) is 4.62. The van der Waals surface area contributed by atoms with Gasteiger partial charge in [0.2, 0.25) is 0 Å². The minimum atomic E-state index is -0.104. The average molecular weight is 264 g/mol. The van der Waals surface area contributed by atoms with Crippen molar-refractivity contribution in [2.75, 3.05) is 0 Å². The predicted molar refractivity (Wildman–Crippen MR) is 76.9 cm³/mol. The molecule has 18 heavy (non-hydrogen) atoms. The van der Waals surface area contributed by atoms with Crippen molar-refractivity contribution in [1.82, 2.24) is 4.98 Å². The molecule has 2 nitrogen and oxygen atoms in total. The van der Waals surface area contributed by atoms with Crippen LogP contribution in [0.2, 0.25) is 0 Å². The Balaban J connectivity index is 1.86. The minimum Gasteiger partial charge on any atom is -0.319 e. The molecule has 1 heterocycles. The zero-order chi connectivity index (χ0) is 12.4. The monoisotopic (exact) mass is 264 g/mol. The molecule has 1 aromatic heterocycles. The third-order valence-corrected chi connectivity index (χ3v) is 5.89. The summed E-state index contributed by atoms with van der Waals surface area (Å²) >= 11 is 1.93. The summed E-state index contributed by atoms with van der Waals surface area (Å²) in [5, 5.41) is 1.25. The topological polar surface area (TPSA) is 38.9 Å². The van der Waals surface area contributed by atoms with E-state index in [-0.39, 0.29) is 5.54 Å². The van der Waals surface area contributed by atoms with Crippen molar-refractivity contribution >= 4 is 11.3 Å². The van der Waals surface area contributed by atoms with Gasteiger partial charge < -0.3 is 5.73 Å². The van der Waals surface area contributed by atoms with Crippen LogP contribution < -0.4 is 5.73 Å². The average Bonchev–Trinajstić information content (AvgIpc) is 2.55. The second kappa shape index (κ2) is 5.30. The molecule has 0 amide bonds. The van der Waals surface area contributed by atoms with Gasteiger partial charge in [0.05, 0.1) is 11.2 Å². The molecule has 1 aromatic rings. The van der Waals surface area contributed by atoms with E-state index < -0.39 is 0 Å². The molecule has 0 saturated heterocycles. The summed E-state index contributed by atoms with van der Waals surface area (Å²) in [6.45, 7) is 0. The van der Waals surface area contributed by atoms with Gasteiger partial charge in [-0.2, -0.15) is 0 Å². The zero-order valence-electron chi connectivity index (χ0n) is 11.2. The smallest absolute Gasteiger partial charge is 0.113 e. The highest BCUT2D eigenvalue weighted by molar-refractivity contribution is 7.11. The van der Waals surface area contributed by atoms with Crippen molar-refractivity contribution in [2.45, 2.75) is 76.2 Å². The van der Waals surface area contributed by atoms with Crippen molar-refractivity contribution in [3.8, 4) is 0 Å². The van der Waals surface area contributed by atoms with Gasteiger partial charge in [-0.15, -0.1) is 11.3 Å². The fourth-order valence-electron chi connectivity index (χ4n) is 3.32. The molecule has 1 fully saturated rings. The molecule has 0 aliphatic heterocycles. The van der Waals surface area contributed by atoms with Gasteiger partial charge in [-0.1, -0.05) is 32.1 Å². The number of nitrogens with zero attached hydrogens (tertiary/aromatic N) is 1. The molecule has 0 bridgehead atoms. The van der Waals surface area contributed by atoms with Gasteiger partial charge in [-0.25, -0.2) is 4.98 Å². The molecule has 0 unspecified atom stereocenters. The van der Waals surface area contributed by atoms with E-state index in [1.165, 1.54) is 73.4 Å². The standard InChI is InChI=1S/C15H24N2S/c16-15(10-6-1-2-7-11-15)14-17-12-8-4-3-5-9-13(12)18-14/h1-11,16H2. The number of rotatable bonds is 1. The molecular formula is C15H24N2S. The first-order valence-corrected chi connectivity index (χ1v) is 8.37. The van der Waals surface area contributed by atoms with Crippen LogP contribution in [0, 0.1) is 0 Å². The van der Waals surface area contributed by atoms with E-state index in [1.54, 1.807) is 0 Å². The molecule has 3 rings (SSSR count). The maximum absolute atomic E-state index is 6.68. The van der Waals surface area contributed by atoms with E-state index >= 15 is 0 Å². The normalized spacial score (nSPS) is 24.1. The van der Waals surface area contributed by atoms with Crippen molar-refractivity contribution in [3.63, 3.8) is 0 Å². The number of aryl methyl sites for hydroxylation is 2. The Hall–Kier alpha value is -0.410. The molecule has 1 saturated carbocycles. The summed E-state index contributed by atoms with van der Waals surface area (Å²) in [4.78, 5) is 6.48. The van der Waals surface area contributed by atoms with Crippen molar-refractivity contribution in [2.24, 2.45) is 5.73 Å². The molecule has 0 aromatic carbocycles. The van der Waals surface area contributed by atoms with Crippen molar-refractivity contribution in [1.29, 1.82) is 0 Å². The van der Waals surface area contributed by atoms with Gasteiger partial charge >= 0.3 is 0 Å². The summed E-state index contributed by atoms with van der Waals surface area (Å²) < 4.78 is 0. The first-order valence-electron chi connectivity index (χ1n) is 7.56. The molecule has 2 N–H and O–H groups in total. The Labute approximate surface area is 114 Å². The second-order valence-corrected chi connectivity index (χ2v) is 7.10. The Morgan fingerprint density at radius 1 is 0.889 bits per heavy atom. The van der Waals surface area contributed by atoms with Crippen LogP contribution in [0.3, 0.4) is 0 Å². The summed E-state index contributed by atoms with van der Waals surface area (Å²) in [7, 11) is 0. The van der Waals surface area contributed by atoms with E-state index in [0.29, 0.717) is 0 Å². The Morgan fingerprint density at radius 3 is 2.33 bits per heavy atom. The van der Waals surface area contributed by atoms with E-state index in [2.05, 4.69) is 0 Å². The first-order chi connectivity index (χ1) is 8.78. The van der Waals surface area contributed by atoms with Crippen LogP contribution in [0.5, 0.6) is 0 Å². The molecule has 100 valence electrons. The third-order valence-electron chi connectivity index (χ3n) is 4.52. The predicted octanol–water partition coefficient (Wildman–Crippen LogP) is 3.92. The van der Waals surface area contributed by atoms with Gasteiger partial charge in [0, 0.05) is 4.88 Å².